The van der Waals surface area contributed by atoms with E-state index in [9.17, 15) is 18.0 Å². The van der Waals surface area contributed by atoms with Crippen molar-refractivity contribution >= 4 is 22.0 Å². The largest absolute Gasteiger partial charge is 0.486 e. The maximum absolute atomic E-state index is 14.1. The van der Waals surface area contributed by atoms with E-state index < -0.39 is 27.6 Å². The predicted octanol–water partition coefficient (Wildman–Crippen LogP) is 4.33. The van der Waals surface area contributed by atoms with Gasteiger partial charge in [0.05, 0.1) is 10.8 Å². The van der Waals surface area contributed by atoms with Crippen LogP contribution in [0.4, 0.5) is 4.79 Å². The number of carbonyl (C=O) groups excluding carboxylic acids is 2. The van der Waals surface area contributed by atoms with Gasteiger partial charge in [-0.1, -0.05) is 24.3 Å². The van der Waals surface area contributed by atoms with Crippen molar-refractivity contribution in [2.75, 3.05) is 46.4 Å². The molecule has 1 saturated carbocycles. The summed E-state index contributed by atoms with van der Waals surface area (Å²) in [6, 6.07) is 12.8. The molecule has 3 aliphatic heterocycles. The number of fused-ring (bicyclic) bond motifs is 2. The number of rotatable bonds is 7. The van der Waals surface area contributed by atoms with Gasteiger partial charge in [0.25, 0.3) is 10.0 Å². The number of amides is 2. The Bertz CT molecular complexity index is 1560. The molecule has 2 atom stereocenters. The van der Waals surface area contributed by atoms with Gasteiger partial charge in [0, 0.05) is 51.4 Å². The Morgan fingerprint density at radius 3 is 2.47 bits per heavy atom. The SMILES string of the molecule is CN(CC(C(=O)N1CC2=CN(S(=O)(=O)c3ccc4c(c3)OCCO4)CC2C1)c1cccc(C2CC2)c1)C(=O)OC(C)(C)C. The van der Waals surface area contributed by atoms with Gasteiger partial charge in [0.2, 0.25) is 5.91 Å². The molecule has 10 nitrogen and oxygen atoms in total. The summed E-state index contributed by atoms with van der Waals surface area (Å²) in [5.41, 5.74) is 2.34. The molecule has 43 heavy (non-hydrogen) atoms. The van der Waals surface area contributed by atoms with Crippen LogP contribution in [-0.2, 0) is 19.6 Å². The van der Waals surface area contributed by atoms with Crippen LogP contribution in [0.5, 0.6) is 11.5 Å². The molecule has 0 radical (unpaired) electrons. The summed E-state index contributed by atoms with van der Waals surface area (Å²) < 4.78 is 45.0. The van der Waals surface area contributed by atoms with E-state index >= 15 is 0 Å². The molecule has 2 amide bonds. The smallest absolute Gasteiger partial charge is 0.410 e. The van der Waals surface area contributed by atoms with Crippen LogP contribution in [0, 0.1) is 5.92 Å². The third-order valence-corrected chi connectivity index (χ3v) is 10.0. The van der Waals surface area contributed by atoms with Crippen LogP contribution < -0.4 is 9.47 Å². The summed E-state index contributed by atoms with van der Waals surface area (Å²) in [7, 11) is -2.15. The lowest BCUT2D eigenvalue weighted by Gasteiger charge is -2.30. The molecule has 0 spiro atoms. The molecule has 0 aromatic heterocycles. The lowest BCUT2D eigenvalue weighted by Crippen LogP contribution is -2.42. The van der Waals surface area contributed by atoms with E-state index in [2.05, 4.69) is 12.1 Å². The van der Waals surface area contributed by atoms with Crippen molar-refractivity contribution < 1.29 is 32.2 Å². The normalized spacial score (nSPS) is 20.4. The van der Waals surface area contributed by atoms with Gasteiger partial charge in [-0.25, -0.2) is 13.2 Å². The van der Waals surface area contributed by atoms with Gasteiger partial charge in [0.15, 0.2) is 11.5 Å². The number of hydrogen-bond donors (Lipinski definition) is 0. The highest BCUT2D eigenvalue weighted by Gasteiger charge is 2.42. The van der Waals surface area contributed by atoms with Gasteiger partial charge in [-0.2, -0.15) is 0 Å². The van der Waals surface area contributed by atoms with Crippen LogP contribution in [-0.4, -0.2) is 86.6 Å². The average molecular weight is 610 g/mol. The Morgan fingerprint density at radius 2 is 1.77 bits per heavy atom. The number of carbonyl (C=O) groups is 2. The molecule has 2 unspecified atom stereocenters. The standard InChI is InChI=1S/C32H39N3O7S/c1-32(2,3)42-31(37)33(4)20-27(23-7-5-6-22(14-23)21-8-9-21)30(36)34-16-24-18-35(19-25(24)17-34)43(38,39)26-10-11-28-29(15-26)41-13-12-40-28/h5-7,10-11,14-15,18,21,25,27H,8-9,12-13,16-17,19-20H2,1-4H3. The van der Waals surface area contributed by atoms with E-state index in [1.165, 1.54) is 26.9 Å². The van der Waals surface area contributed by atoms with Crippen molar-refractivity contribution in [3.05, 3.63) is 65.4 Å². The molecule has 2 fully saturated rings. The minimum Gasteiger partial charge on any atom is -0.486 e. The third kappa shape index (κ3) is 6.18. The van der Waals surface area contributed by atoms with Gasteiger partial charge in [-0.3, -0.25) is 9.10 Å². The van der Waals surface area contributed by atoms with Gasteiger partial charge in [-0.05, 0) is 68.4 Å². The van der Waals surface area contributed by atoms with E-state index in [0.717, 1.165) is 24.0 Å². The van der Waals surface area contributed by atoms with Crippen molar-refractivity contribution in [2.45, 2.75) is 55.9 Å². The quantitative estimate of drug-likeness (QED) is 0.460. The van der Waals surface area contributed by atoms with Crippen molar-refractivity contribution in [3.8, 4) is 11.5 Å². The van der Waals surface area contributed by atoms with E-state index in [-0.39, 0.29) is 29.8 Å². The van der Waals surface area contributed by atoms with Crippen molar-refractivity contribution in [1.29, 1.82) is 0 Å². The number of likely N-dealkylation sites (N-methyl/N-ethyl adjacent to an activating group) is 1. The molecule has 4 aliphatic rings. The molecule has 6 rings (SSSR count). The number of likely N-dealkylation sites (tertiary alicyclic amines) is 1. The van der Waals surface area contributed by atoms with E-state index in [0.29, 0.717) is 43.7 Å². The zero-order chi connectivity index (χ0) is 30.5. The van der Waals surface area contributed by atoms with E-state index in [1.807, 2.05) is 32.9 Å². The third-order valence-electron chi connectivity index (χ3n) is 8.30. The lowest BCUT2D eigenvalue weighted by molar-refractivity contribution is -0.132. The summed E-state index contributed by atoms with van der Waals surface area (Å²) in [4.78, 5) is 30.4. The first-order valence-electron chi connectivity index (χ1n) is 14.8. The monoisotopic (exact) mass is 609 g/mol. The van der Waals surface area contributed by atoms with Crippen molar-refractivity contribution in [1.82, 2.24) is 14.1 Å². The summed E-state index contributed by atoms with van der Waals surface area (Å²) in [6.45, 7) is 7.42. The van der Waals surface area contributed by atoms with Crippen molar-refractivity contribution in [3.63, 3.8) is 0 Å². The van der Waals surface area contributed by atoms with E-state index in [1.54, 1.807) is 24.2 Å². The number of sulfonamides is 1. The number of nitrogens with zero attached hydrogens (tertiary/aromatic N) is 3. The van der Waals surface area contributed by atoms with Crippen molar-refractivity contribution in [2.24, 2.45) is 5.92 Å². The fraction of sp³-hybridized carbons (Fsp3) is 0.500. The minimum atomic E-state index is -3.80. The second-order valence-electron chi connectivity index (χ2n) is 12.9. The zero-order valence-electron chi connectivity index (χ0n) is 25.1. The van der Waals surface area contributed by atoms with Gasteiger partial charge in [-0.15, -0.1) is 0 Å². The average Bonchev–Trinajstić information content (AvgIpc) is 3.62. The van der Waals surface area contributed by atoms with Crippen LogP contribution in [0.3, 0.4) is 0 Å². The summed E-state index contributed by atoms with van der Waals surface area (Å²) in [5.74, 6) is 0.721. The predicted molar refractivity (Wildman–Crippen MR) is 159 cm³/mol. The van der Waals surface area contributed by atoms with Crippen LogP contribution in [0.1, 0.15) is 56.6 Å². The fourth-order valence-electron chi connectivity index (χ4n) is 5.91. The summed E-state index contributed by atoms with van der Waals surface area (Å²) >= 11 is 0. The molecule has 2 aromatic rings. The highest BCUT2D eigenvalue weighted by Crippen LogP contribution is 2.41. The highest BCUT2D eigenvalue weighted by molar-refractivity contribution is 7.89. The molecule has 2 aromatic carbocycles. The Labute approximate surface area is 253 Å². The second-order valence-corrected chi connectivity index (χ2v) is 14.7. The van der Waals surface area contributed by atoms with E-state index in [4.69, 9.17) is 14.2 Å². The highest BCUT2D eigenvalue weighted by atomic mass is 32.2. The molecule has 1 saturated heterocycles. The summed E-state index contributed by atoms with van der Waals surface area (Å²) in [5, 5.41) is 0. The summed E-state index contributed by atoms with van der Waals surface area (Å²) in [6.07, 6.45) is 3.48. The fourth-order valence-corrected chi connectivity index (χ4v) is 7.33. The van der Waals surface area contributed by atoms with Crippen LogP contribution in [0.2, 0.25) is 0 Å². The zero-order valence-corrected chi connectivity index (χ0v) is 25.9. The molecule has 0 bridgehead atoms. The van der Waals surface area contributed by atoms with Gasteiger partial charge < -0.3 is 24.0 Å². The molecular weight excluding hydrogens is 570 g/mol. The maximum Gasteiger partial charge on any atom is 0.410 e. The second kappa shape index (κ2) is 11.1. The molecule has 1 aliphatic carbocycles. The van der Waals surface area contributed by atoms with Gasteiger partial charge >= 0.3 is 6.09 Å². The number of hydrogen-bond acceptors (Lipinski definition) is 7. The first kappa shape index (κ1) is 29.3. The van der Waals surface area contributed by atoms with Gasteiger partial charge in [0.1, 0.15) is 18.8 Å². The van der Waals surface area contributed by atoms with Crippen LogP contribution >= 0.6 is 0 Å². The first-order chi connectivity index (χ1) is 20.4. The maximum atomic E-state index is 14.1. The van der Waals surface area contributed by atoms with Crippen LogP contribution in [0.25, 0.3) is 0 Å². The Balaban J connectivity index is 1.20. The molecular formula is C32H39N3O7S. The molecule has 11 heteroatoms. The Hall–Kier alpha value is -3.73. The number of benzene rings is 2. The molecule has 3 heterocycles. The molecule has 0 N–H and O–H groups in total. The first-order valence-corrected chi connectivity index (χ1v) is 16.3. The van der Waals surface area contributed by atoms with Crippen LogP contribution in [0.15, 0.2) is 59.1 Å². The minimum absolute atomic E-state index is 0.0834. The lowest BCUT2D eigenvalue weighted by atomic mass is 9.94. The topological polar surface area (TPSA) is 106 Å². The Kier molecular flexibility index (Phi) is 7.56. The number of ether oxygens (including phenoxy) is 3. The molecule has 230 valence electrons. The Morgan fingerprint density at radius 1 is 1.02 bits per heavy atom.